The SMILES string of the molecule is CCC(NCC(=O)N(C)C1CC1)c1ccccc1. The summed E-state index contributed by atoms with van der Waals surface area (Å²) in [5.74, 6) is 0.201. The first-order valence-electron chi connectivity index (χ1n) is 6.76. The van der Waals surface area contributed by atoms with E-state index in [9.17, 15) is 4.79 Å². The van der Waals surface area contributed by atoms with E-state index >= 15 is 0 Å². The van der Waals surface area contributed by atoms with Crippen LogP contribution in [0.3, 0.4) is 0 Å². The minimum absolute atomic E-state index is 0.201. The fraction of sp³-hybridized carbons (Fsp3) is 0.533. The average molecular weight is 246 g/mol. The van der Waals surface area contributed by atoms with Crippen molar-refractivity contribution >= 4 is 5.91 Å². The summed E-state index contributed by atoms with van der Waals surface area (Å²) >= 11 is 0. The summed E-state index contributed by atoms with van der Waals surface area (Å²) in [6.07, 6.45) is 3.32. The van der Waals surface area contributed by atoms with Crippen LogP contribution in [0.15, 0.2) is 30.3 Å². The lowest BCUT2D eigenvalue weighted by Crippen LogP contribution is -2.38. The van der Waals surface area contributed by atoms with Crippen molar-refractivity contribution in [3.63, 3.8) is 0 Å². The fourth-order valence-electron chi connectivity index (χ4n) is 2.18. The Kier molecular flexibility index (Phi) is 4.37. The van der Waals surface area contributed by atoms with Crippen LogP contribution in [0.5, 0.6) is 0 Å². The highest BCUT2D eigenvalue weighted by Crippen LogP contribution is 2.25. The third kappa shape index (κ3) is 3.33. The van der Waals surface area contributed by atoms with Gasteiger partial charge in [0, 0.05) is 19.1 Å². The zero-order valence-corrected chi connectivity index (χ0v) is 11.2. The lowest BCUT2D eigenvalue weighted by atomic mass is 10.0. The molecule has 0 aromatic heterocycles. The van der Waals surface area contributed by atoms with Gasteiger partial charge in [-0.15, -0.1) is 0 Å². The third-order valence-electron chi connectivity index (χ3n) is 3.60. The molecule has 0 bridgehead atoms. The highest BCUT2D eigenvalue weighted by molar-refractivity contribution is 5.78. The topological polar surface area (TPSA) is 32.3 Å². The van der Waals surface area contributed by atoms with Gasteiger partial charge in [-0.25, -0.2) is 0 Å². The van der Waals surface area contributed by atoms with Crippen molar-refractivity contribution in [2.24, 2.45) is 0 Å². The molecule has 0 saturated heterocycles. The Morgan fingerprint density at radius 3 is 2.61 bits per heavy atom. The van der Waals surface area contributed by atoms with E-state index in [4.69, 9.17) is 0 Å². The Hall–Kier alpha value is -1.35. The molecule has 1 fully saturated rings. The maximum absolute atomic E-state index is 11.9. The summed E-state index contributed by atoms with van der Waals surface area (Å²) in [7, 11) is 1.91. The van der Waals surface area contributed by atoms with Crippen molar-refractivity contribution in [2.45, 2.75) is 38.3 Å². The Morgan fingerprint density at radius 2 is 2.06 bits per heavy atom. The summed E-state index contributed by atoms with van der Waals surface area (Å²) in [6, 6.07) is 11.1. The smallest absolute Gasteiger partial charge is 0.236 e. The van der Waals surface area contributed by atoms with E-state index in [1.54, 1.807) is 0 Å². The summed E-state index contributed by atoms with van der Waals surface area (Å²) < 4.78 is 0. The van der Waals surface area contributed by atoms with Crippen LogP contribution >= 0.6 is 0 Å². The Morgan fingerprint density at radius 1 is 1.39 bits per heavy atom. The van der Waals surface area contributed by atoms with Crippen LogP contribution in [-0.4, -0.2) is 30.4 Å². The summed E-state index contributed by atoms with van der Waals surface area (Å²) in [4.78, 5) is 13.8. The molecule has 98 valence electrons. The lowest BCUT2D eigenvalue weighted by molar-refractivity contribution is -0.129. The number of carbonyl (C=O) groups is 1. The molecule has 0 radical (unpaired) electrons. The average Bonchev–Trinajstić information content (AvgIpc) is 3.24. The Balaban J connectivity index is 1.85. The third-order valence-corrected chi connectivity index (χ3v) is 3.60. The second-order valence-electron chi connectivity index (χ2n) is 4.99. The predicted molar refractivity (Wildman–Crippen MR) is 73.3 cm³/mol. The van der Waals surface area contributed by atoms with Gasteiger partial charge in [0.25, 0.3) is 0 Å². The van der Waals surface area contributed by atoms with Gasteiger partial charge in [-0.3, -0.25) is 4.79 Å². The van der Waals surface area contributed by atoms with Gasteiger partial charge < -0.3 is 10.2 Å². The van der Waals surface area contributed by atoms with Gasteiger partial charge in [0.2, 0.25) is 5.91 Å². The number of benzene rings is 1. The van der Waals surface area contributed by atoms with Gasteiger partial charge in [-0.2, -0.15) is 0 Å². The largest absolute Gasteiger partial charge is 0.342 e. The fourth-order valence-corrected chi connectivity index (χ4v) is 2.18. The standard InChI is InChI=1S/C15H22N2O/c1-3-14(12-7-5-4-6-8-12)16-11-15(18)17(2)13-9-10-13/h4-8,13-14,16H,3,9-11H2,1-2H3. The van der Waals surface area contributed by atoms with E-state index in [2.05, 4.69) is 24.4 Å². The van der Waals surface area contributed by atoms with Crippen LogP contribution in [-0.2, 0) is 4.79 Å². The number of likely N-dealkylation sites (N-methyl/N-ethyl adjacent to an activating group) is 1. The van der Waals surface area contributed by atoms with E-state index in [-0.39, 0.29) is 11.9 Å². The van der Waals surface area contributed by atoms with Gasteiger partial charge in [0.15, 0.2) is 0 Å². The number of nitrogens with zero attached hydrogens (tertiary/aromatic N) is 1. The zero-order chi connectivity index (χ0) is 13.0. The first kappa shape index (κ1) is 13.1. The maximum atomic E-state index is 11.9. The Bertz CT molecular complexity index is 387. The molecule has 1 amide bonds. The minimum atomic E-state index is 0.201. The summed E-state index contributed by atoms with van der Waals surface area (Å²) in [5.41, 5.74) is 1.25. The molecule has 0 aliphatic heterocycles. The van der Waals surface area contributed by atoms with Gasteiger partial charge in [-0.1, -0.05) is 37.3 Å². The molecule has 1 aliphatic rings. The number of rotatable bonds is 6. The van der Waals surface area contributed by atoms with Crippen molar-refractivity contribution in [2.75, 3.05) is 13.6 Å². The van der Waals surface area contributed by atoms with Crippen LogP contribution in [0.2, 0.25) is 0 Å². The molecule has 1 aromatic carbocycles. The Labute approximate surface area is 109 Å². The van der Waals surface area contributed by atoms with Gasteiger partial charge in [0.1, 0.15) is 0 Å². The van der Waals surface area contributed by atoms with E-state index in [1.165, 1.54) is 5.56 Å². The molecule has 1 aliphatic carbocycles. The van der Waals surface area contributed by atoms with Crippen molar-refractivity contribution in [3.8, 4) is 0 Å². The first-order chi connectivity index (χ1) is 8.72. The molecule has 0 heterocycles. The summed E-state index contributed by atoms with van der Waals surface area (Å²) in [6.45, 7) is 2.57. The number of nitrogens with one attached hydrogen (secondary N) is 1. The number of hydrogen-bond acceptors (Lipinski definition) is 2. The highest BCUT2D eigenvalue weighted by atomic mass is 16.2. The van der Waals surface area contributed by atoms with Crippen molar-refractivity contribution in [1.82, 2.24) is 10.2 Å². The number of amides is 1. The van der Waals surface area contributed by atoms with Crippen LogP contribution in [0.4, 0.5) is 0 Å². The van der Waals surface area contributed by atoms with E-state index in [0.29, 0.717) is 12.6 Å². The molecule has 1 N–H and O–H groups in total. The van der Waals surface area contributed by atoms with Crippen molar-refractivity contribution < 1.29 is 4.79 Å². The quantitative estimate of drug-likeness (QED) is 0.835. The van der Waals surface area contributed by atoms with Crippen molar-refractivity contribution in [3.05, 3.63) is 35.9 Å². The van der Waals surface area contributed by atoms with Gasteiger partial charge >= 0.3 is 0 Å². The molecular weight excluding hydrogens is 224 g/mol. The molecular formula is C15H22N2O. The second-order valence-corrected chi connectivity index (χ2v) is 4.99. The number of hydrogen-bond donors (Lipinski definition) is 1. The van der Waals surface area contributed by atoms with E-state index < -0.39 is 0 Å². The molecule has 1 unspecified atom stereocenters. The number of carbonyl (C=O) groups excluding carboxylic acids is 1. The van der Waals surface area contributed by atoms with Crippen LogP contribution in [0.1, 0.15) is 37.8 Å². The predicted octanol–water partition coefficient (Wildman–Crippen LogP) is 2.35. The molecule has 1 aromatic rings. The van der Waals surface area contributed by atoms with E-state index in [0.717, 1.165) is 19.3 Å². The molecule has 18 heavy (non-hydrogen) atoms. The highest BCUT2D eigenvalue weighted by Gasteiger charge is 2.29. The van der Waals surface area contributed by atoms with Gasteiger partial charge in [-0.05, 0) is 24.8 Å². The molecule has 1 atom stereocenters. The second kappa shape index (κ2) is 6.01. The molecule has 3 nitrogen and oxygen atoms in total. The normalized spacial score (nSPS) is 16.3. The minimum Gasteiger partial charge on any atom is -0.342 e. The monoisotopic (exact) mass is 246 g/mol. The first-order valence-corrected chi connectivity index (χ1v) is 6.76. The van der Waals surface area contributed by atoms with Gasteiger partial charge in [0.05, 0.1) is 6.54 Å². The molecule has 1 saturated carbocycles. The van der Waals surface area contributed by atoms with Crippen LogP contribution in [0.25, 0.3) is 0 Å². The van der Waals surface area contributed by atoms with Crippen molar-refractivity contribution in [1.29, 1.82) is 0 Å². The molecule has 3 heteroatoms. The summed E-state index contributed by atoms with van der Waals surface area (Å²) in [5, 5.41) is 3.36. The maximum Gasteiger partial charge on any atom is 0.236 e. The molecule has 2 rings (SSSR count). The molecule has 0 spiro atoms. The zero-order valence-electron chi connectivity index (χ0n) is 11.2. The van der Waals surface area contributed by atoms with Crippen LogP contribution < -0.4 is 5.32 Å². The lowest BCUT2D eigenvalue weighted by Gasteiger charge is -2.21. The van der Waals surface area contributed by atoms with Crippen LogP contribution in [0, 0.1) is 0 Å². The van der Waals surface area contributed by atoms with E-state index in [1.807, 2.05) is 30.1 Å².